The SMILES string of the molecule is Nc1nc(-c2ccc(OCC3CC3)c(F)c2)cs1. The molecular weight excluding hydrogens is 251 g/mol. The number of halogens is 1. The average Bonchev–Trinajstić information content (AvgIpc) is 3.08. The molecule has 0 radical (unpaired) electrons. The predicted molar refractivity (Wildman–Crippen MR) is 70.1 cm³/mol. The van der Waals surface area contributed by atoms with E-state index in [1.807, 2.05) is 5.38 Å². The maximum Gasteiger partial charge on any atom is 0.180 e. The molecule has 2 N–H and O–H groups in total. The number of hydrogen-bond acceptors (Lipinski definition) is 4. The Hall–Kier alpha value is -1.62. The van der Waals surface area contributed by atoms with Gasteiger partial charge in [0.2, 0.25) is 0 Å². The number of nitrogens with zero attached hydrogens (tertiary/aromatic N) is 1. The van der Waals surface area contributed by atoms with Gasteiger partial charge in [0, 0.05) is 10.9 Å². The molecule has 0 amide bonds. The van der Waals surface area contributed by atoms with Gasteiger partial charge < -0.3 is 10.5 Å². The van der Waals surface area contributed by atoms with Crippen LogP contribution < -0.4 is 10.5 Å². The van der Waals surface area contributed by atoms with Crippen molar-refractivity contribution >= 4 is 16.5 Å². The number of rotatable bonds is 4. The molecule has 3 nitrogen and oxygen atoms in total. The molecule has 1 saturated carbocycles. The smallest absolute Gasteiger partial charge is 0.180 e. The first-order valence-electron chi connectivity index (χ1n) is 5.86. The minimum Gasteiger partial charge on any atom is -0.490 e. The number of hydrogen-bond donors (Lipinski definition) is 1. The van der Waals surface area contributed by atoms with E-state index in [4.69, 9.17) is 10.5 Å². The third-order valence-corrected chi connectivity index (χ3v) is 3.59. The van der Waals surface area contributed by atoms with E-state index < -0.39 is 0 Å². The summed E-state index contributed by atoms with van der Waals surface area (Å²) in [6.07, 6.45) is 2.38. The first kappa shape index (κ1) is 11.5. The van der Waals surface area contributed by atoms with E-state index in [2.05, 4.69) is 4.98 Å². The zero-order valence-corrected chi connectivity index (χ0v) is 10.5. The monoisotopic (exact) mass is 264 g/mol. The van der Waals surface area contributed by atoms with Gasteiger partial charge in [-0.3, -0.25) is 0 Å². The summed E-state index contributed by atoms with van der Waals surface area (Å²) < 4.78 is 19.3. The molecule has 1 heterocycles. The van der Waals surface area contributed by atoms with Crippen LogP contribution in [0.15, 0.2) is 23.6 Å². The van der Waals surface area contributed by atoms with Crippen LogP contribution in [0.3, 0.4) is 0 Å². The molecule has 94 valence electrons. The van der Waals surface area contributed by atoms with Crippen molar-refractivity contribution < 1.29 is 9.13 Å². The lowest BCUT2D eigenvalue weighted by Gasteiger charge is -2.07. The number of benzene rings is 1. The molecule has 5 heteroatoms. The summed E-state index contributed by atoms with van der Waals surface area (Å²) in [5.74, 6) is 0.580. The summed E-state index contributed by atoms with van der Waals surface area (Å²) >= 11 is 1.34. The second kappa shape index (κ2) is 4.57. The normalized spacial score (nSPS) is 14.7. The second-order valence-electron chi connectivity index (χ2n) is 4.47. The van der Waals surface area contributed by atoms with Gasteiger partial charge in [-0.1, -0.05) is 0 Å². The van der Waals surface area contributed by atoms with Crippen molar-refractivity contribution in [1.82, 2.24) is 4.98 Å². The Kier molecular flexibility index (Phi) is 2.91. The summed E-state index contributed by atoms with van der Waals surface area (Å²) in [5, 5.41) is 2.30. The molecule has 0 spiro atoms. The van der Waals surface area contributed by atoms with Crippen molar-refractivity contribution in [2.75, 3.05) is 12.3 Å². The van der Waals surface area contributed by atoms with Gasteiger partial charge in [0.05, 0.1) is 12.3 Å². The zero-order valence-electron chi connectivity index (χ0n) is 9.73. The molecule has 0 aliphatic heterocycles. The predicted octanol–water partition coefficient (Wildman–Crippen LogP) is 3.32. The van der Waals surface area contributed by atoms with E-state index >= 15 is 0 Å². The minimum absolute atomic E-state index is 0.314. The third-order valence-electron chi connectivity index (χ3n) is 2.92. The van der Waals surface area contributed by atoms with Gasteiger partial charge >= 0.3 is 0 Å². The van der Waals surface area contributed by atoms with Crippen LogP contribution in [0.2, 0.25) is 0 Å². The van der Waals surface area contributed by atoms with E-state index in [0.29, 0.717) is 29.1 Å². The highest BCUT2D eigenvalue weighted by Gasteiger charge is 2.22. The number of nitrogens with two attached hydrogens (primary N) is 1. The van der Waals surface area contributed by atoms with Crippen LogP contribution >= 0.6 is 11.3 Å². The van der Waals surface area contributed by atoms with Crippen LogP contribution in [0.25, 0.3) is 11.3 Å². The Morgan fingerprint density at radius 2 is 2.28 bits per heavy atom. The number of nitrogen functional groups attached to an aromatic ring is 1. The van der Waals surface area contributed by atoms with Crippen LogP contribution in [-0.2, 0) is 0 Å². The van der Waals surface area contributed by atoms with Crippen LogP contribution in [0.4, 0.5) is 9.52 Å². The molecular formula is C13H13FN2OS. The molecule has 0 bridgehead atoms. The average molecular weight is 264 g/mol. The van der Waals surface area contributed by atoms with Crippen LogP contribution in [-0.4, -0.2) is 11.6 Å². The molecule has 18 heavy (non-hydrogen) atoms. The maximum atomic E-state index is 13.8. The van der Waals surface area contributed by atoms with E-state index in [0.717, 1.165) is 5.56 Å². The van der Waals surface area contributed by atoms with Crippen molar-refractivity contribution in [3.63, 3.8) is 0 Å². The van der Waals surface area contributed by atoms with E-state index in [-0.39, 0.29) is 5.82 Å². The lowest BCUT2D eigenvalue weighted by atomic mass is 10.1. The molecule has 2 aromatic rings. The quantitative estimate of drug-likeness (QED) is 0.921. The van der Waals surface area contributed by atoms with Gasteiger partial charge in [0.15, 0.2) is 16.7 Å². The van der Waals surface area contributed by atoms with Gasteiger partial charge in [-0.25, -0.2) is 9.37 Å². The molecule has 1 aromatic carbocycles. The largest absolute Gasteiger partial charge is 0.490 e. The minimum atomic E-state index is -0.347. The van der Waals surface area contributed by atoms with Gasteiger partial charge in [0.1, 0.15) is 0 Å². The molecule has 0 saturated heterocycles. The summed E-state index contributed by atoms with van der Waals surface area (Å²) in [6.45, 7) is 0.611. The Balaban J connectivity index is 1.79. The van der Waals surface area contributed by atoms with Gasteiger partial charge in [-0.05, 0) is 37.0 Å². The Bertz CT molecular complexity index is 566. The summed E-state index contributed by atoms with van der Waals surface area (Å²) in [6, 6.07) is 4.90. The molecule has 1 fully saturated rings. The van der Waals surface area contributed by atoms with Crippen molar-refractivity contribution in [3.8, 4) is 17.0 Å². The number of ether oxygens (including phenoxy) is 1. The maximum absolute atomic E-state index is 13.8. The lowest BCUT2D eigenvalue weighted by molar-refractivity contribution is 0.285. The molecule has 0 atom stereocenters. The lowest BCUT2D eigenvalue weighted by Crippen LogP contribution is -2.00. The number of anilines is 1. The zero-order chi connectivity index (χ0) is 12.5. The van der Waals surface area contributed by atoms with E-state index in [9.17, 15) is 4.39 Å². The van der Waals surface area contributed by atoms with Crippen molar-refractivity contribution in [1.29, 1.82) is 0 Å². The Labute approximate surface area is 108 Å². The molecule has 1 aliphatic rings. The summed E-state index contributed by atoms with van der Waals surface area (Å²) in [4.78, 5) is 4.12. The number of thiazole rings is 1. The fourth-order valence-corrected chi connectivity index (χ4v) is 2.26. The van der Waals surface area contributed by atoms with Crippen molar-refractivity contribution in [2.45, 2.75) is 12.8 Å². The summed E-state index contributed by atoms with van der Waals surface area (Å²) in [7, 11) is 0. The van der Waals surface area contributed by atoms with Crippen LogP contribution in [0, 0.1) is 11.7 Å². The molecule has 1 aliphatic carbocycles. The van der Waals surface area contributed by atoms with Crippen LogP contribution in [0.5, 0.6) is 5.75 Å². The topological polar surface area (TPSA) is 48.1 Å². The standard InChI is InChI=1S/C13H13FN2OS/c14-10-5-9(11-7-18-13(15)16-11)3-4-12(10)17-6-8-1-2-8/h3-5,7-8H,1-2,6H2,(H2,15,16). The van der Waals surface area contributed by atoms with Gasteiger partial charge in [0.25, 0.3) is 0 Å². The molecule has 3 rings (SSSR count). The first-order chi connectivity index (χ1) is 8.72. The fraction of sp³-hybridized carbons (Fsp3) is 0.308. The summed E-state index contributed by atoms with van der Waals surface area (Å²) in [5.41, 5.74) is 6.98. The second-order valence-corrected chi connectivity index (χ2v) is 5.36. The number of aromatic nitrogens is 1. The van der Waals surface area contributed by atoms with Crippen molar-refractivity contribution in [3.05, 3.63) is 29.4 Å². The first-order valence-corrected chi connectivity index (χ1v) is 6.74. The van der Waals surface area contributed by atoms with Crippen LogP contribution in [0.1, 0.15) is 12.8 Å². The molecule has 1 aromatic heterocycles. The third kappa shape index (κ3) is 2.46. The van der Waals surface area contributed by atoms with E-state index in [1.54, 1.807) is 12.1 Å². The molecule has 0 unspecified atom stereocenters. The van der Waals surface area contributed by atoms with Gasteiger partial charge in [-0.15, -0.1) is 11.3 Å². The Morgan fingerprint density at radius 1 is 1.44 bits per heavy atom. The van der Waals surface area contributed by atoms with Gasteiger partial charge in [-0.2, -0.15) is 0 Å². The van der Waals surface area contributed by atoms with Crippen molar-refractivity contribution in [2.24, 2.45) is 5.92 Å². The highest BCUT2D eigenvalue weighted by atomic mass is 32.1. The highest BCUT2D eigenvalue weighted by Crippen LogP contribution is 2.31. The highest BCUT2D eigenvalue weighted by molar-refractivity contribution is 7.13. The fourth-order valence-electron chi connectivity index (χ4n) is 1.69. The van der Waals surface area contributed by atoms with E-state index in [1.165, 1.54) is 30.2 Å². The Morgan fingerprint density at radius 3 is 2.89 bits per heavy atom.